The summed E-state index contributed by atoms with van der Waals surface area (Å²) >= 11 is 0. The van der Waals surface area contributed by atoms with Crippen LogP contribution in [-0.2, 0) is 32.7 Å². The van der Waals surface area contributed by atoms with Crippen molar-refractivity contribution in [1.82, 2.24) is 0 Å². The van der Waals surface area contributed by atoms with E-state index in [-0.39, 0.29) is 26.1 Å². The van der Waals surface area contributed by atoms with Crippen LogP contribution in [0.5, 0.6) is 0 Å². The van der Waals surface area contributed by atoms with E-state index in [4.69, 9.17) is 18.5 Å². The van der Waals surface area contributed by atoms with Crippen LogP contribution in [0.25, 0.3) is 0 Å². The lowest BCUT2D eigenvalue weighted by Gasteiger charge is -2.28. The Morgan fingerprint density at radius 3 is 1.63 bits per heavy atom. The normalized spacial score (nSPS) is 15.3. The standard InChI is InChI=1S/C48H76NO9P/c1-6-8-10-12-14-15-16-17-18-19-20-21-22-23-27-31-35-39-47(51)55-43-46(44-57-59(53,54)56-42-41-49(3,4)5)58-48(52)40-36-32-28-25-24-26-30-34-38-45(50)37-33-29-13-11-9-7-2/h8-11,14-15,17-18,20-21,23,25-30,33-34,38,45-46,50H,6-7,12-13,16,19,22,24,31-32,35-37,39-44H2,1-5H3/b10-8-,11-9-,15-14-,18-17-,21-20-,27-23-,28-25-,30-26-,33-29-,38-34+/t45?,46-/m1/s1. The van der Waals surface area contributed by atoms with Gasteiger partial charge in [-0.25, -0.2) is 0 Å². The van der Waals surface area contributed by atoms with Crippen LogP contribution < -0.4 is 4.89 Å². The van der Waals surface area contributed by atoms with E-state index in [1.807, 2.05) is 69.8 Å². The van der Waals surface area contributed by atoms with E-state index < -0.39 is 38.6 Å². The minimum Gasteiger partial charge on any atom is -0.756 e. The van der Waals surface area contributed by atoms with Crippen LogP contribution in [0.15, 0.2) is 122 Å². The maximum atomic E-state index is 12.6. The molecule has 0 aliphatic carbocycles. The maximum Gasteiger partial charge on any atom is 0.306 e. The molecule has 332 valence electrons. The van der Waals surface area contributed by atoms with E-state index in [2.05, 4.69) is 80.7 Å². The minimum absolute atomic E-state index is 0.0693. The van der Waals surface area contributed by atoms with Crippen LogP contribution in [0.1, 0.15) is 110 Å². The number of nitrogens with zero attached hydrogens (tertiary/aromatic N) is 1. The number of aliphatic hydroxyl groups is 1. The van der Waals surface area contributed by atoms with Crippen LogP contribution in [0.2, 0.25) is 0 Å². The Morgan fingerprint density at radius 1 is 0.627 bits per heavy atom. The van der Waals surface area contributed by atoms with Crippen molar-refractivity contribution in [2.24, 2.45) is 0 Å². The van der Waals surface area contributed by atoms with E-state index in [1.165, 1.54) is 0 Å². The predicted molar refractivity (Wildman–Crippen MR) is 241 cm³/mol. The van der Waals surface area contributed by atoms with Gasteiger partial charge in [0.05, 0.1) is 33.9 Å². The minimum atomic E-state index is -4.68. The first kappa shape index (κ1) is 55.4. The lowest BCUT2D eigenvalue weighted by atomic mass is 10.2. The third kappa shape index (κ3) is 42.3. The van der Waals surface area contributed by atoms with Crippen LogP contribution in [0.4, 0.5) is 0 Å². The summed E-state index contributed by atoms with van der Waals surface area (Å²) in [5, 5.41) is 10.0. The first-order chi connectivity index (χ1) is 28.4. The fourth-order valence-electron chi connectivity index (χ4n) is 4.75. The van der Waals surface area contributed by atoms with E-state index in [1.54, 1.807) is 6.08 Å². The fraction of sp³-hybridized carbons (Fsp3) is 0.542. The molecule has 0 aliphatic rings. The molecule has 2 unspecified atom stereocenters. The molecule has 0 bridgehead atoms. The molecule has 0 rings (SSSR count). The molecule has 0 heterocycles. The van der Waals surface area contributed by atoms with Gasteiger partial charge >= 0.3 is 11.9 Å². The third-order valence-corrected chi connectivity index (χ3v) is 9.02. The van der Waals surface area contributed by atoms with Crippen molar-refractivity contribution >= 4 is 19.8 Å². The predicted octanol–water partition coefficient (Wildman–Crippen LogP) is 10.5. The molecule has 0 spiro atoms. The lowest BCUT2D eigenvalue weighted by molar-refractivity contribution is -0.870. The van der Waals surface area contributed by atoms with Gasteiger partial charge in [-0.1, -0.05) is 135 Å². The van der Waals surface area contributed by atoms with Crippen molar-refractivity contribution in [2.75, 3.05) is 47.5 Å². The van der Waals surface area contributed by atoms with E-state index >= 15 is 0 Å². The fourth-order valence-corrected chi connectivity index (χ4v) is 5.48. The summed E-state index contributed by atoms with van der Waals surface area (Å²) in [6.45, 7) is 3.73. The van der Waals surface area contributed by atoms with Gasteiger partial charge < -0.3 is 33.0 Å². The van der Waals surface area contributed by atoms with Crippen LogP contribution in [-0.4, -0.2) is 81.2 Å². The highest BCUT2D eigenvalue weighted by atomic mass is 31.2. The first-order valence-corrected chi connectivity index (χ1v) is 22.8. The van der Waals surface area contributed by atoms with Gasteiger partial charge in [0.25, 0.3) is 7.82 Å². The number of carbonyl (C=O) groups excluding carboxylic acids is 2. The molecule has 0 saturated heterocycles. The molecule has 0 saturated carbocycles. The molecule has 0 aromatic heterocycles. The molecular formula is C48H76NO9P. The zero-order valence-electron chi connectivity index (χ0n) is 36.7. The number of phosphoric ester groups is 1. The highest BCUT2D eigenvalue weighted by molar-refractivity contribution is 7.45. The van der Waals surface area contributed by atoms with Crippen LogP contribution in [0.3, 0.4) is 0 Å². The third-order valence-electron chi connectivity index (χ3n) is 8.06. The number of hydrogen-bond donors (Lipinski definition) is 1. The van der Waals surface area contributed by atoms with E-state index in [0.717, 1.165) is 44.9 Å². The van der Waals surface area contributed by atoms with Crippen LogP contribution >= 0.6 is 7.82 Å². The summed E-state index contributed by atoms with van der Waals surface area (Å²) in [6, 6.07) is 0. The molecule has 10 nitrogen and oxygen atoms in total. The highest BCUT2D eigenvalue weighted by Gasteiger charge is 2.21. The van der Waals surface area contributed by atoms with Gasteiger partial charge in [0.2, 0.25) is 0 Å². The molecule has 0 aliphatic heterocycles. The average molecular weight is 842 g/mol. The summed E-state index contributed by atoms with van der Waals surface area (Å²) in [7, 11) is 1.03. The lowest BCUT2D eigenvalue weighted by Crippen LogP contribution is -2.37. The van der Waals surface area contributed by atoms with Gasteiger partial charge in [0.1, 0.15) is 19.8 Å². The average Bonchev–Trinajstić information content (AvgIpc) is 3.18. The Bertz CT molecular complexity index is 1430. The van der Waals surface area contributed by atoms with Crippen molar-refractivity contribution in [3.63, 3.8) is 0 Å². The largest absolute Gasteiger partial charge is 0.756 e. The smallest absolute Gasteiger partial charge is 0.306 e. The van der Waals surface area contributed by atoms with Crippen molar-refractivity contribution < 1.29 is 47.2 Å². The van der Waals surface area contributed by atoms with Crippen molar-refractivity contribution in [1.29, 1.82) is 0 Å². The summed E-state index contributed by atoms with van der Waals surface area (Å²) < 4.78 is 33.7. The van der Waals surface area contributed by atoms with Crippen molar-refractivity contribution in [2.45, 2.75) is 122 Å². The summed E-state index contributed by atoms with van der Waals surface area (Å²) in [4.78, 5) is 37.5. The quantitative estimate of drug-likeness (QED) is 0.0164. The second-order valence-corrected chi connectivity index (χ2v) is 16.2. The zero-order chi connectivity index (χ0) is 43.7. The number of quaternary nitrogens is 1. The number of ether oxygens (including phenoxy) is 2. The number of phosphoric acid groups is 1. The number of carbonyl (C=O) groups is 2. The molecule has 0 radical (unpaired) electrons. The molecule has 0 amide bonds. The monoisotopic (exact) mass is 842 g/mol. The zero-order valence-corrected chi connectivity index (χ0v) is 37.6. The van der Waals surface area contributed by atoms with Crippen LogP contribution in [0, 0.1) is 0 Å². The number of likely N-dealkylation sites (N-methyl/N-ethyl adjacent to an activating group) is 1. The molecule has 0 aromatic rings. The summed E-state index contributed by atoms with van der Waals surface area (Å²) in [5.41, 5.74) is 0. The van der Waals surface area contributed by atoms with Gasteiger partial charge in [-0.2, -0.15) is 0 Å². The van der Waals surface area contributed by atoms with Crippen molar-refractivity contribution in [3.05, 3.63) is 122 Å². The number of unbranched alkanes of at least 4 members (excludes halogenated alkanes) is 2. The Morgan fingerprint density at radius 2 is 1.10 bits per heavy atom. The molecule has 11 heteroatoms. The Kier molecular flexibility index (Phi) is 36.2. The topological polar surface area (TPSA) is 131 Å². The van der Waals surface area contributed by atoms with Gasteiger partial charge in [-0.05, 0) is 83.5 Å². The number of hydrogen-bond acceptors (Lipinski definition) is 9. The first-order valence-electron chi connectivity index (χ1n) is 21.4. The Balaban J connectivity index is 4.67. The highest BCUT2D eigenvalue weighted by Crippen LogP contribution is 2.38. The van der Waals surface area contributed by atoms with Gasteiger partial charge in [-0.15, -0.1) is 0 Å². The van der Waals surface area contributed by atoms with Crippen molar-refractivity contribution in [3.8, 4) is 0 Å². The van der Waals surface area contributed by atoms with Gasteiger partial charge in [-0.3, -0.25) is 14.2 Å². The Labute approximate surface area is 357 Å². The second-order valence-electron chi connectivity index (χ2n) is 14.8. The second kappa shape index (κ2) is 38.6. The molecule has 1 N–H and O–H groups in total. The Hall–Kier alpha value is -3.63. The summed E-state index contributed by atoms with van der Waals surface area (Å²) in [6.07, 6.45) is 49.9. The molecular weight excluding hydrogens is 765 g/mol. The molecule has 3 atom stereocenters. The molecule has 0 fully saturated rings. The number of aliphatic hydroxyl groups excluding tert-OH is 1. The molecule has 0 aromatic carbocycles. The SMILES string of the molecule is CC/C=C\C/C=C\C/C=C\C/C=C\C/C=C\CCCC(=O)OC[C@H](COP(=O)([O-])OCC[N+](C)(C)C)OC(=O)CCC/C=C\C/C=C\C=C\C(O)C/C=C\C/C=C\CC. The summed E-state index contributed by atoms with van der Waals surface area (Å²) in [5.74, 6) is -1.03. The molecule has 59 heavy (non-hydrogen) atoms. The number of esters is 2. The number of rotatable bonds is 36. The van der Waals surface area contributed by atoms with Gasteiger partial charge in [0.15, 0.2) is 6.10 Å². The maximum absolute atomic E-state index is 12.6. The van der Waals surface area contributed by atoms with E-state index in [9.17, 15) is 24.2 Å². The number of allylic oxidation sites excluding steroid dienone is 18. The van der Waals surface area contributed by atoms with Gasteiger partial charge in [0, 0.05) is 12.8 Å². The van der Waals surface area contributed by atoms with E-state index in [0.29, 0.717) is 49.6 Å².